The molecule has 108 valence electrons. The number of phenolic OH excluding ortho intramolecular Hbond substituents is 1. The van der Waals surface area contributed by atoms with Crippen LogP contribution in [0.4, 0.5) is 0 Å². The fraction of sp³-hybridized carbons (Fsp3) is 0.0667. The molecule has 0 aliphatic rings. The molecule has 1 amide bonds. The zero-order chi connectivity index (χ0) is 15.4. The number of nitrogens with two attached hydrogens (primary N) is 1. The van der Waals surface area contributed by atoms with Crippen molar-refractivity contribution in [2.45, 2.75) is 6.54 Å². The van der Waals surface area contributed by atoms with Gasteiger partial charge in [0.15, 0.2) is 0 Å². The van der Waals surface area contributed by atoms with Crippen molar-refractivity contribution in [3.63, 3.8) is 0 Å². The number of amides is 1. The summed E-state index contributed by atoms with van der Waals surface area (Å²) < 4.78 is 0.886. The second-order valence-corrected chi connectivity index (χ2v) is 6.09. The van der Waals surface area contributed by atoms with Crippen LogP contribution in [0.3, 0.4) is 0 Å². The lowest BCUT2D eigenvalue weighted by molar-refractivity contribution is 0.0948. The summed E-state index contributed by atoms with van der Waals surface area (Å²) in [5.41, 5.74) is 7.50. The van der Waals surface area contributed by atoms with E-state index in [9.17, 15) is 9.90 Å². The van der Waals surface area contributed by atoms with Gasteiger partial charge in [0.25, 0.3) is 5.91 Å². The standard InChI is InChI=1S/C15H13IN2O2S/c16-11-5-6-13(19)12(7-11)15(20)18-8-9-1-3-10(4-2-9)14(17)21/h1-7,19H,8H2,(H2,17,21)(H,18,20). The maximum Gasteiger partial charge on any atom is 0.255 e. The van der Waals surface area contributed by atoms with Gasteiger partial charge in [-0.1, -0.05) is 36.5 Å². The molecule has 2 aromatic carbocycles. The largest absolute Gasteiger partial charge is 0.507 e. The van der Waals surface area contributed by atoms with Crippen molar-refractivity contribution < 1.29 is 9.90 Å². The fourth-order valence-electron chi connectivity index (χ4n) is 1.75. The van der Waals surface area contributed by atoms with Crippen molar-refractivity contribution in [2.24, 2.45) is 5.73 Å². The number of rotatable bonds is 4. The first-order chi connectivity index (χ1) is 9.97. The summed E-state index contributed by atoms with van der Waals surface area (Å²) in [4.78, 5) is 12.4. The van der Waals surface area contributed by atoms with E-state index >= 15 is 0 Å². The number of carbonyl (C=O) groups is 1. The Kier molecular flexibility index (Phi) is 5.13. The highest BCUT2D eigenvalue weighted by molar-refractivity contribution is 14.1. The topological polar surface area (TPSA) is 75.3 Å². The third kappa shape index (κ3) is 4.15. The van der Waals surface area contributed by atoms with Crippen LogP contribution in [0.15, 0.2) is 42.5 Å². The van der Waals surface area contributed by atoms with E-state index in [0.29, 0.717) is 11.5 Å². The van der Waals surface area contributed by atoms with Gasteiger partial charge in [0.2, 0.25) is 0 Å². The molecule has 4 nitrogen and oxygen atoms in total. The van der Waals surface area contributed by atoms with E-state index in [4.69, 9.17) is 18.0 Å². The average Bonchev–Trinajstić information content (AvgIpc) is 2.47. The van der Waals surface area contributed by atoms with E-state index in [1.54, 1.807) is 12.1 Å². The first kappa shape index (κ1) is 15.7. The zero-order valence-corrected chi connectivity index (χ0v) is 13.9. The number of thiocarbonyl (C=S) groups is 1. The van der Waals surface area contributed by atoms with Gasteiger partial charge in [-0.2, -0.15) is 0 Å². The SMILES string of the molecule is NC(=S)c1ccc(CNC(=O)c2cc(I)ccc2O)cc1. The number of nitrogens with one attached hydrogen (secondary N) is 1. The molecule has 0 radical (unpaired) electrons. The first-order valence-corrected chi connectivity index (χ1v) is 7.61. The second kappa shape index (κ2) is 6.86. The van der Waals surface area contributed by atoms with Gasteiger partial charge >= 0.3 is 0 Å². The summed E-state index contributed by atoms with van der Waals surface area (Å²) in [7, 11) is 0. The number of halogens is 1. The van der Waals surface area contributed by atoms with Crippen molar-refractivity contribution in [1.29, 1.82) is 0 Å². The Morgan fingerprint density at radius 1 is 1.24 bits per heavy atom. The molecule has 0 unspecified atom stereocenters. The van der Waals surface area contributed by atoms with Crippen LogP contribution in [-0.2, 0) is 6.54 Å². The van der Waals surface area contributed by atoms with Crippen LogP contribution in [0.2, 0.25) is 0 Å². The van der Waals surface area contributed by atoms with Crippen LogP contribution < -0.4 is 11.1 Å². The van der Waals surface area contributed by atoms with E-state index in [0.717, 1.165) is 14.7 Å². The molecule has 0 saturated carbocycles. The Morgan fingerprint density at radius 2 is 1.90 bits per heavy atom. The normalized spacial score (nSPS) is 10.1. The van der Waals surface area contributed by atoms with Gasteiger partial charge in [-0.15, -0.1) is 0 Å². The van der Waals surface area contributed by atoms with Crippen molar-refractivity contribution in [3.8, 4) is 5.75 Å². The highest BCUT2D eigenvalue weighted by Gasteiger charge is 2.11. The van der Waals surface area contributed by atoms with Gasteiger partial charge in [0.1, 0.15) is 10.7 Å². The third-order valence-electron chi connectivity index (χ3n) is 2.89. The lowest BCUT2D eigenvalue weighted by Crippen LogP contribution is -2.23. The van der Waals surface area contributed by atoms with Crippen LogP contribution in [0, 0.1) is 3.57 Å². The smallest absolute Gasteiger partial charge is 0.255 e. The molecular weight excluding hydrogens is 399 g/mol. The zero-order valence-electron chi connectivity index (χ0n) is 11.0. The molecule has 0 atom stereocenters. The van der Waals surface area contributed by atoms with E-state index in [2.05, 4.69) is 27.9 Å². The Labute approximate surface area is 141 Å². The number of aromatic hydroxyl groups is 1. The Bertz CT molecular complexity index is 687. The van der Waals surface area contributed by atoms with E-state index in [1.807, 2.05) is 24.3 Å². The van der Waals surface area contributed by atoms with Gasteiger partial charge in [0, 0.05) is 15.7 Å². The highest BCUT2D eigenvalue weighted by Crippen LogP contribution is 2.19. The number of hydrogen-bond donors (Lipinski definition) is 3. The molecule has 0 aliphatic heterocycles. The van der Waals surface area contributed by atoms with Crippen LogP contribution in [-0.4, -0.2) is 16.0 Å². The molecule has 0 bridgehead atoms. The molecule has 2 rings (SSSR count). The quantitative estimate of drug-likeness (QED) is 0.533. The van der Waals surface area contributed by atoms with Crippen molar-refractivity contribution >= 4 is 45.7 Å². The molecule has 0 aromatic heterocycles. The number of benzene rings is 2. The molecular formula is C15H13IN2O2S. The van der Waals surface area contributed by atoms with Crippen LogP contribution in [0.5, 0.6) is 5.75 Å². The molecule has 0 spiro atoms. The summed E-state index contributed by atoms with van der Waals surface area (Å²) in [6.45, 7) is 0.362. The van der Waals surface area contributed by atoms with Crippen LogP contribution >= 0.6 is 34.8 Å². The first-order valence-electron chi connectivity index (χ1n) is 6.13. The van der Waals surface area contributed by atoms with Crippen LogP contribution in [0.1, 0.15) is 21.5 Å². The lowest BCUT2D eigenvalue weighted by atomic mass is 10.1. The van der Waals surface area contributed by atoms with Gasteiger partial charge in [-0.25, -0.2) is 0 Å². The average molecular weight is 412 g/mol. The molecule has 0 saturated heterocycles. The third-order valence-corrected chi connectivity index (χ3v) is 3.80. The molecule has 6 heteroatoms. The Balaban J connectivity index is 2.04. The molecule has 0 heterocycles. The summed E-state index contributed by atoms with van der Waals surface area (Å²) in [6, 6.07) is 12.2. The van der Waals surface area contributed by atoms with Crippen molar-refractivity contribution in [2.75, 3.05) is 0 Å². The second-order valence-electron chi connectivity index (χ2n) is 4.41. The monoisotopic (exact) mass is 412 g/mol. The summed E-state index contributed by atoms with van der Waals surface area (Å²) in [5.74, 6) is -0.346. The highest BCUT2D eigenvalue weighted by atomic mass is 127. The van der Waals surface area contributed by atoms with Crippen molar-refractivity contribution in [1.82, 2.24) is 5.32 Å². The minimum absolute atomic E-state index is 0.0308. The molecule has 2 aromatic rings. The van der Waals surface area contributed by atoms with Crippen molar-refractivity contribution in [3.05, 3.63) is 62.7 Å². The Morgan fingerprint density at radius 3 is 2.52 bits per heavy atom. The predicted octanol–water partition coefficient (Wildman–Crippen LogP) is 2.56. The minimum atomic E-state index is -0.315. The number of hydrogen-bond acceptors (Lipinski definition) is 3. The number of phenols is 1. The van der Waals surface area contributed by atoms with Gasteiger partial charge in [-0.05, 0) is 46.4 Å². The summed E-state index contributed by atoms with van der Waals surface area (Å²) in [6.07, 6.45) is 0. The van der Waals surface area contributed by atoms with E-state index in [-0.39, 0.29) is 17.2 Å². The maximum atomic E-state index is 12.1. The van der Waals surface area contributed by atoms with Gasteiger partial charge < -0.3 is 16.2 Å². The summed E-state index contributed by atoms with van der Waals surface area (Å²) in [5, 5.41) is 12.5. The van der Waals surface area contributed by atoms with Crippen LogP contribution in [0.25, 0.3) is 0 Å². The fourth-order valence-corrected chi connectivity index (χ4v) is 2.38. The van der Waals surface area contributed by atoms with Gasteiger partial charge in [-0.3, -0.25) is 4.79 Å². The predicted molar refractivity (Wildman–Crippen MR) is 94.3 cm³/mol. The summed E-state index contributed by atoms with van der Waals surface area (Å²) >= 11 is 6.97. The number of carbonyl (C=O) groups excluding carboxylic acids is 1. The molecule has 4 N–H and O–H groups in total. The van der Waals surface area contributed by atoms with E-state index in [1.165, 1.54) is 6.07 Å². The molecule has 0 aliphatic carbocycles. The molecule has 0 fully saturated rings. The lowest BCUT2D eigenvalue weighted by Gasteiger charge is -2.08. The molecule has 21 heavy (non-hydrogen) atoms. The van der Waals surface area contributed by atoms with E-state index < -0.39 is 0 Å². The van der Waals surface area contributed by atoms with Gasteiger partial charge in [0.05, 0.1) is 5.56 Å². The minimum Gasteiger partial charge on any atom is -0.507 e. The maximum absolute atomic E-state index is 12.1. The Hall–Kier alpha value is -1.67.